The number of anilines is 1. The first-order valence-electron chi connectivity index (χ1n) is 5.62. The largest absolute Gasteiger partial charge is 0.353 e. The van der Waals surface area contributed by atoms with Gasteiger partial charge < -0.3 is 10.1 Å². The zero-order valence-electron chi connectivity index (χ0n) is 10.1. The Morgan fingerprint density at radius 2 is 1.94 bits per heavy atom. The molecule has 96 valence electrons. The summed E-state index contributed by atoms with van der Waals surface area (Å²) in [6.45, 7) is 0.708. The summed E-state index contributed by atoms with van der Waals surface area (Å²) in [4.78, 5) is 26.1. The van der Waals surface area contributed by atoms with Crippen LogP contribution >= 0.6 is 0 Å². The first kappa shape index (κ1) is 12.5. The fraction of sp³-hybridized carbons (Fsp3) is 0.333. The molecule has 0 atom stereocenters. The second-order valence-electron chi connectivity index (χ2n) is 4.21. The van der Waals surface area contributed by atoms with Crippen LogP contribution in [-0.2, 0) is 16.1 Å². The molecule has 6 nitrogen and oxygen atoms in total. The van der Waals surface area contributed by atoms with Crippen LogP contribution in [0.4, 0.5) is 5.69 Å². The molecule has 1 heterocycles. The molecular weight excluding hydrogens is 234 g/mol. The highest BCUT2D eigenvalue weighted by Crippen LogP contribution is 2.18. The minimum Gasteiger partial charge on any atom is -0.353 e. The van der Waals surface area contributed by atoms with Crippen LogP contribution in [0.5, 0.6) is 0 Å². The van der Waals surface area contributed by atoms with Crippen molar-refractivity contribution in [2.24, 2.45) is 0 Å². The quantitative estimate of drug-likeness (QED) is 0.581. The van der Waals surface area contributed by atoms with Crippen LogP contribution in [0.25, 0.3) is 0 Å². The van der Waals surface area contributed by atoms with E-state index in [0.717, 1.165) is 16.2 Å². The van der Waals surface area contributed by atoms with E-state index >= 15 is 0 Å². The van der Waals surface area contributed by atoms with Crippen LogP contribution in [0, 0.1) is 0 Å². The summed E-state index contributed by atoms with van der Waals surface area (Å²) in [6, 6.07) is 7.36. The van der Waals surface area contributed by atoms with Gasteiger partial charge in [0.1, 0.15) is 0 Å². The Balaban J connectivity index is 2.19. The average molecular weight is 249 g/mol. The maximum absolute atomic E-state index is 11.6. The monoisotopic (exact) mass is 249 g/mol. The van der Waals surface area contributed by atoms with Gasteiger partial charge in [-0.1, -0.05) is 12.1 Å². The summed E-state index contributed by atoms with van der Waals surface area (Å²) in [7, 11) is 1.49. The van der Waals surface area contributed by atoms with Crippen molar-refractivity contribution in [1.82, 2.24) is 10.4 Å². The lowest BCUT2D eigenvalue weighted by Crippen LogP contribution is -2.52. The number of hydrogen-bond donors (Lipinski definition) is 2. The first-order valence-corrected chi connectivity index (χ1v) is 5.62. The topological polar surface area (TPSA) is 72.9 Å². The van der Waals surface area contributed by atoms with E-state index in [1.807, 2.05) is 24.3 Å². The first-order chi connectivity index (χ1) is 8.61. The fourth-order valence-corrected chi connectivity index (χ4v) is 1.87. The summed E-state index contributed by atoms with van der Waals surface area (Å²) in [5.74, 6) is -0.422. The zero-order chi connectivity index (χ0) is 13.1. The lowest BCUT2D eigenvalue weighted by Gasteiger charge is -2.32. The zero-order valence-corrected chi connectivity index (χ0v) is 10.1. The van der Waals surface area contributed by atoms with Crippen LogP contribution in [-0.4, -0.2) is 42.1 Å². The smallest absolute Gasteiger partial charge is 0.248 e. The standard InChI is InChI=1S/C12H15N3O3/c1-14-11(16)7-15(8-12(14)17)10-4-2-3-9(5-10)6-13-18/h2-5,13,18H,6-8H2,1H3. The van der Waals surface area contributed by atoms with Crippen LogP contribution in [0.2, 0.25) is 0 Å². The highest BCUT2D eigenvalue weighted by molar-refractivity contribution is 6.02. The predicted molar refractivity (Wildman–Crippen MR) is 65.1 cm³/mol. The number of likely N-dealkylation sites (N-methyl/N-ethyl adjacent to an activating group) is 1. The van der Waals surface area contributed by atoms with Gasteiger partial charge in [-0.15, -0.1) is 0 Å². The summed E-state index contributed by atoms with van der Waals surface area (Å²) >= 11 is 0. The van der Waals surface area contributed by atoms with Crippen molar-refractivity contribution in [3.63, 3.8) is 0 Å². The second-order valence-corrected chi connectivity index (χ2v) is 4.21. The highest BCUT2D eigenvalue weighted by atomic mass is 16.5. The number of imide groups is 1. The van der Waals surface area contributed by atoms with E-state index in [1.54, 1.807) is 4.90 Å². The number of carbonyl (C=O) groups is 2. The highest BCUT2D eigenvalue weighted by Gasteiger charge is 2.28. The minimum absolute atomic E-state index is 0.193. The Labute approximate surface area is 105 Å². The van der Waals surface area contributed by atoms with Crippen molar-refractivity contribution in [2.45, 2.75) is 6.54 Å². The van der Waals surface area contributed by atoms with Gasteiger partial charge in [-0.05, 0) is 17.7 Å². The van der Waals surface area contributed by atoms with E-state index in [4.69, 9.17) is 5.21 Å². The van der Waals surface area contributed by atoms with Gasteiger partial charge in [-0.25, -0.2) is 5.48 Å². The summed E-state index contributed by atoms with van der Waals surface area (Å²) in [5, 5.41) is 8.66. The third kappa shape index (κ3) is 2.49. The third-order valence-electron chi connectivity index (χ3n) is 2.96. The number of amides is 2. The van der Waals surface area contributed by atoms with E-state index in [-0.39, 0.29) is 24.9 Å². The number of carbonyl (C=O) groups excluding carboxylic acids is 2. The Morgan fingerprint density at radius 1 is 1.28 bits per heavy atom. The van der Waals surface area contributed by atoms with Crippen molar-refractivity contribution >= 4 is 17.5 Å². The predicted octanol–water partition coefficient (Wildman–Crippen LogP) is -0.0296. The van der Waals surface area contributed by atoms with E-state index < -0.39 is 0 Å². The molecule has 2 rings (SSSR count). The molecule has 2 amide bonds. The van der Waals surface area contributed by atoms with Gasteiger partial charge in [0.05, 0.1) is 13.1 Å². The maximum atomic E-state index is 11.6. The van der Waals surface area contributed by atoms with Gasteiger partial charge in [0.25, 0.3) is 0 Å². The van der Waals surface area contributed by atoms with Crippen molar-refractivity contribution < 1.29 is 14.8 Å². The Morgan fingerprint density at radius 3 is 2.56 bits per heavy atom. The maximum Gasteiger partial charge on any atom is 0.248 e. The molecule has 0 aliphatic carbocycles. The Kier molecular flexibility index (Phi) is 3.59. The van der Waals surface area contributed by atoms with Crippen molar-refractivity contribution in [1.29, 1.82) is 0 Å². The van der Waals surface area contributed by atoms with E-state index in [9.17, 15) is 9.59 Å². The number of hydroxylamine groups is 1. The van der Waals surface area contributed by atoms with E-state index in [2.05, 4.69) is 5.48 Å². The molecule has 0 radical (unpaired) electrons. The molecule has 0 saturated carbocycles. The number of hydrogen-bond acceptors (Lipinski definition) is 5. The molecule has 1 fully saturated rings. The lowest BCUT2D eigenvalue weighted by molar-refractivity contribution is -0.143. The molecule has 1 saturated heterocycles. The van der Waals surface area contributed by atoms with Gasteiger partial charge in [0, 0.05) is 19.3 Å². The Bertz CT molecular complexity index is 457. The molecule has 2 N–H and O–H groups in total. The summed E-state index contributed by atoms with van der Waals surface area (Å²) in [5.41, 5.74) is 3.76. The molecule has 0 aromatic heterocycles. The number of piperazine rings is 1. The third-order valence-corrected chi connectivity index (χ3v) is 2.96. The summed E-state index contributed by atoms with van der Waals surface area (Å²) < 4.78 is 0. The van der Waals surface area contributed by atoms with Crippen molar-refractivity contribution in [3.05, 3.63) is 29.8 Å². The molecular formula is C12H15N3O3. The molecule has 0 bridgehead atoms. The molecule has 1 aliphatic heterocycles. The Hall–Kier alpha value is -1.92. The van der Waals surface area contributed by atoms with Crippen molar-refractivity contribution in [3.8, 4) is 0 Å². The molecule has 6 heteroatoms. The van der Waals surface area contributed by atoms with Gasteiger partial charge in [0.2, 0.25) is 11.8 Å². The average Bonchev–Trinajstić information content (AvgIpc) is 2.36. The van der Waals surface area contributed by atoms with Crippen molar-refractivity contribution in [2.75, 3.05) is 25.0 Å². The molecule has 0 spiro atoms. The van der Waals surface area contributed by atoms with Crippen LogP contribution in [0.15, 0.2) is 24.3 Å². The molecule has 18 heavy (non-hydrogen) atoms. The van der Waals surface area contributed by atoms with Gasteiger partial charge in [-0.2, -0.15) is 0 Å². The van der Waals surface area contributed by atoms with Gasteiger partial charge >= 0.3 is 0 Å². The molecule has 0 unspecified atom stereocenters. The normalized spacial score (nSPS) is 16.3. The number of rotatable bonds is 3. The van der Waals surface area contributed by atoms with Crippen LogP contribution in [0.3, 0.4) is 0 Å². The SMILES string of the molecule is CN1C(=O)CN(c2cccc(CNO)c2)CC1=O. The number of benzene rings is 1. The second kappa shape index (κ2) is 5.16. The fourth-order valence-electron chi connectivity index (χ4n) is 1.87. The van der Waals surface area contributed by atoms with Gasteiger partial charge in [-0.3, -0.25) is 14.5 Å². The molecule has 1 aromatic rings. The van der Waals surface area contributed by atoms with Gasteiger partial charge in [0.15, 0.2) is 0 Å². The lowest BCUT2D eigenvalue weighted by atomic mass is 10.1. The minimum atomic E-state index is -0.211. The van der Waals surface area contributed by atoms with E-state index in [1.165, 1.54) is 7.05 Å². The van der Waals surface area contributed by atoms with Crippen LogP contribution < -0.4 is 10.4 Å². The molecule has 1 aromatic carbocycles. The number of nitrogens with zero attached hydrogens (tertiary/aromatic N) is 2. The van der Waals surface area contributed by atoms with E-state index in [0.29, 0.717) is 6.54 Å². The number of nitrogens with one attached hydrogen (secondary N) is 1. The summed E-state index contributed by atoms with van der Waals surface area (Å²) in [6.07, 6.45) is 0. The van der Waals surface area contributed by atoms with Crippen LogP contribution in [0.1, 0.15) is 5.56 Å². The molecule has 1 aliphatic rings.